The molecule has 1 saturated heterocycles. The van der Waals surface area contributed by atoms with Gasteiger partial charge in [0, 0.05) is 33.1 Å². The average molecular weight is 668 g/mol. The summed E-state index contributed by atoms with van der Waals surface area (Å²) >= 11 is 5.48. The van der Waals surface area contributed by atoms with Crippen LogP contribution in [-0.2, 0) is 20.9 Å². The van der Waals surface area contributed by atoms with Gasteiger partial charge in [0.15, 0.2) is 0 Å². The molecule has 0 unspecified atom stereocenters. The Morgan fingerprint density at radius 3 is 2.40 bits per heavy atom. The molecule has 42 heavy (non-hydrogen) atoms. The number of amides is 3. The summed E-state index contributed by atoms with van der Waals surface area (Å²) in [5.41, 5.74) is 1.19. The van der Waals surface area contributed by atoms with Crippen molar-refractivity contribution in [3.8, 4) is 5.75 Å². The first-order valence-corrected chi connectivity index (χ1v) is 15.0. The lowest BCUT2D eigenvalue weighted by atomic mass is 9.83. The zero-order chi connectivity index (χ0) is 29.7. The van der Waals surface area contributed by atoms with Gasteiger partial charge in [-0.15, -0.1) is 0 Å². The molecule has 14 heteroatoms. The van der Waals surface area contributed by atoms with Gasteiger partial charge < -0.3 is 10.4 Å². The van der Waals surface area contributed by atoms with Gasteiger partial charge in [0.1, 0.15) is 17.5 Å². The van der Waals surface area contributed by atoms with Gasteiger partial charge in [-0.05, 0) is 54.1 Å². The number of rotatable bonds is 6. The lowest BCUT2D eigenvalue weighted by Crippen LogP contribution is -2.33. The zero-order valence-electron chi connectivity index (χ0n) is 21.3. The van der Waals surface area contributed by atoms with Crippen molar-refractivity contribution in [1.29, 1.82) is 0 Å². The molecule has 0 spiro atoms. The SMILES string of the molecule is O=C(Cn1c2c(sc1=O)[C@@H](c1cccc(Br)c1)[C@@H]1C(=O)N(c3ccc([N+](=O)[O-])cc3)C(=O)[C@@H]1S2)Nc1ccc(O)cc1. The van der Waals surface area contributed by atoms with Gasteiger partial charge >= 0.3 is 4.87 Å². The minimum atomic E-state index is -0.899. The Morgan fingerprint density at radius 2 is 1.74 bits per heavy atom. The van der Waals surface area contributed by atoms with Gasteiger partial charge in [-0.1, -0.05) is 51.2 Å². The van der Waals surface area contributed by atoms with E-state index in [0.29, 0.717) is 15.6 Å². The zero-order valence-corrected chi connectivity index (χ0v) is 24.5. The van der Waals surface area contributed by atoms with Crippen LogP contribution >= 0.6 is 39.0 Å². The Morgan fingerprint density at radius 1 is 1.02 bits per heavy atom. The molecule has 3 heterocycles. The lowest BCUT2D eigenvalue weighted by molar-refractivity contribution is -0.384. The topological polar surface area (TPSA) is 152 Å². The predicted molar refractivity (Wildman–Crippen MR) is 160 cm³/mol. The summed E-state index contributed by atoms with van der Waals surface area (Å²) in [7, 11) is 0. The van der Waals surface area contributed by atoms with Crippen LogP contribution in [-0.4, -0.2) is 37.6 Å². The number of aromatic nitrogens is 1. The first kappa shape index (κ1) is 27.9. The van der Waals surface area contributed by atoms with Crippen molar-refractivity contribution in [3.05, 3.63) is 107 Å². The number of aromatic hydroxyl groups is 1. The number of nitrogens with one attached hydrogen (secondary N) is 1. The van der Waals surface area contributed by atoms with E-state index in [4.69, 9.17) is 0 Å². The van der Waals surface area contributed by atoms with Crippen LogP contribution in [0.4, 0.5) is 17.1 Å². The van der Waals surface area contributed by atoms with Crippen LogP contribution in [0.15, 0.2) is 87.1 Å². The molecule has 11 nitrogen and oxygen atoms in total. The van der Waals surface area contributed by atoms with Crippen LogP contribution < -0.4 is 15.1 Å². The van der Waals surface area contributed by atoms with Crippen LogP contribution in [0.1, 0.15) is 16.4 Å². The maximum Gasteiger partial charge on any atom is 0.308 e. The molecule has 3 amide bonds. The molecule has 6 rings (SSSR count). The standard InChI is InChI=1S/C28H19BrN4O7S2/c29-15-3-1-2-14(12-15)21-22-23(26(37)32(25(22)36)17-6-8-18(9-7-17)33(39)40)41-27-24(21)42-28(38)31(27)13-20(35)30-16-4-10-19(34)11-5-16/h1-12,21-23,34H,13H2,(H,30,35)/t21-,22-,23+/m0/s1. The molecular weight excluding hydrogens is 648 g/mol. The number of hydrogen-bond acceptors (Lipinski definition) is 9. The molecule has 2 aliphatic rings. The number of halogens is 1. The van der Waals surface area contributed by atoms with Gasteiger partial charge in [-0.25, -0.2) is 4.90 Å². The number of imide groups is 1. The predicted octanol–water partition coefficient (Wildman–Crippen LogP) is 4.72. The molecular formula is C28H19BrN4O7S2. The Kier molecular flexibility index (Phi) is 7.20. The first-order valence-electron chi connectivity index (χ1n) is 12.5. The number of benzene rings is 3. The highest BCUT2D eigenvalue weighted by atomic mass is 79.9. The number of phenolic OH excluding ortho intramolecular Hbond substituents is 1. The molecule has 3 aromatic carbocycles. The number of non-ortho nitro benzene ring substituents is 1. The quantitative estimate of drug-likeness (QED) is 0.130. The van der Waals surface area contributed by atoms with E-state index in [-0.39, 0.29) is 23.7 Å². The normalized spacial score (nSPS) is 19.4. The van der Waals surface area contributed by atoms with Gasteiger partial charge in [0.25, 0.3) is 5.69 Å². The molecule has 0 bridgehead atoms. The third kappa shape index (κ3) is 4.91. The average Bonchev–Trinajstić information content (AvgIpc) is 3.40. The molecule has 3 atom stereocenters. The number of thioether (sulfide) groups is 1. The number of nitro groups is 1. The van der Waals surface area contributed by atoms with Crippen molar-refractivity contribution in [2.45, 2.75) is 22.7 Å². The van der Waals surface area contributed by atoms with Gasteiger partial charge in [0.05, 0.1) is 21.6 Å². The number of nitro benzene ring substituents is 1. The maximum atomic E-state index is 13.9. The summed E-state index contributed by atoms with van der Waals surface area (Å²) in [6, 6.07) is 18.4. The molecule has 2 aliphatic heterocycles. The van der Waals surface area contributed by atoms with Gasteiger partial charge in [-0.2, -0.15) is 0 Å². The highest BCUT2D eigenvalue weighted by Gasteiger charge is 2.56. The highest BCUT2D eigenvalue weighted by molar-refractivity contribution is 9.10. The number of carbonyl (C=O) groups is 3. The second kappa shape index (κ2) is 10.9. The first-order chi connectivity index (χ1) is 20.1. The number of carbonyl (C=O) groups excluding carboxylic acids is 3. The number of anilines is 2. The van der Waals surface area contributed by atoms with E-state index in [1.54, 1.807) is 6.07 Å². The molecule has 0 aliphatic carbocycles. The van der Waals surface area contributed by atoms with Crippen molar-refractivity contribution in [3.63, 3.8) is 0 Å². The van der Waals surface area contributed by atoms with Gasteiger partial charge in [0.2, 0.25) is 17.7 Å². The Hall–Kier alpha value is -4.27. The van der Waals surface area contributed by atoms with Crippen LogP contribution in [0.2, 0.25) is 0 Å². The van der Waals surface area contributed by atoms with Crippen molar-refractivity contribution >= 4 is 73.8 Å². The number of nitrogens with zero attached hydrogens (tertiary/aromatic N) is 3. The Labute approximate surface area is 254 Å². The van der Waals surface area contributed by atoms with E-state index >= 15 is 0 Å². The van der Waals surface area contributed by atoms with Crippen molar-refractivity contribution in [1.82, 2.24) is 4.57 Å². The summed E-state index contributed by atoms with van der Waals surface area (Å²) in [5.74, 6) is -2.92. The van der Waals surface area contributed by atoms with E-state index in [0.717, 1.165) is 38.0 Å². The third-order valence-electron chi connectivity index (χ3n) is 7.03. The molecule has 212 valence electrons. The molecule has 4 aromatic rings. The summed E-state index contributed by atoms with van der Waals surface area (Å²) in [6.45, 7) is -0.324. The number of phenols is 1. The molecule has 1 aromatic heterocycles. The lowest BCUT2D eigenvalue weighted by Gasteiger charge is -2.30. The van der Waals surface area contributed by atoms with E-state index in [2.05, 4.69) is 21.2 Å². The molecule has 0 radical (unpaired) electrons. The smallest absolute Gasteiger partial charge is 0.308 e. The highest BCUT2D eigenvalue weighted by Crippen LogP contribution is 2.54. The number of fused-ring (bicyclic) bond motifs is 2. The van der Waals surface area contributed by atoms with Gasteiger partial charge in [-0.3, -0.25) is 33.9 Å². The monoisotopic (exact) mass is 666 g/mol. The summed E-state index contributed by atoms with van der Waals surface area (Å²) < 4.78 is 2.06. The fourth-order valence-electron chi connectivity index (χ4n) is 5.18. The second-order valence-electron chi connectivity index (χ2n) is 9.60. The summed E-state index contributed by atoms with van der Waals surface area (Å²) in [5, 5.41) is 22.9. The van der Waals surface area contributed by atoms with Crippen LogP contribution in [0.3, 0.4) is 0 Å². The van der Waals surface area contributed by atoms with E-state index in [9.17, 15) is 34.4 Å². The number of thiazole rings is 1. The van der Waals surface area contributed by atoms with Crippen LogP contribution in [0.25, 0.3) is 0 Å². The molecule has 2 N–H and O–H groups in total. The summed E-state index contributed by atoms with van der Waals surface area (Å²) in [4.78, 5) is 65.7. The van der Waals surface area contributed by atoms with Crippen molar-refractivity contribution in [2.75, 3.05) is 10.2 Å². The Bertz CT molecular complexity index is 1820. The van der Waals surface area contributed by atoms with E-state index in [1.807, 2.05) is 18.2 Å². The second-order valence-corrected chi connectivity index (χ2v) is 12.6. The molecule has 1 fully saturated rings. The largest absolute Gasteiger partial charge is 0.508 e. The summed E-state index contributed by atoms with van der Waals surface area (Å²) in [6.07, 6.45) is 0. The minimum Gasteiger partial charge on any atom is -0.508 e. The third-order valence-corrected chi connectivity index (χ3v) is 10.1. The Balaban J connectivity index is 1.40. The van der Waals surface area contributed by atoms with Crippen LogP contribution in [0.5, 0.6) is 5.75 Å². The minimum absolute atomic E-state index is 0.0409. The fraction of sp³-hybridized carbons (Fsp3) is 0.143. The van der Waals surface area contributed by atoms with Crippen LogP contribution in [0, 0.1) is 16.0 Å². The van der Waals surface area contributed by atoms with E-state index in [1.165, 1.54) is 53.1 Å². The van der Waals surface area contributed by atoms with Crippen molar-refractivity contribution in [2.24, 2.45) is 5.92 Å². The maximum absolute atomic E-state index is 13.9. The molecule has 0 saturated carbocycles. The van der Waals surface area contributed by atoms with Crippen molar-refractivity contribution < 1.29 is 24.4 Å². The van der Waals surface area contributed by atoms with E-state index < -0.39 is 44.6 Å². The fourth-order valence-corrected chi connectivity index (χ4v) is 8.37. The number of hydrogen-bond donors (Lipinski definition) is 2.